The number of nitrogens with one attached hydrogen (secondary N) is 2. The highest BCUT2D eigenvalue weighted by Gasteiger charge is 2.55. The number of aromatic nitrogens is 2. The molecule has 45 heavy (non-hydrogen) atoms. The minimum atomic E-state index is -1.09. The van der Waals surface area contributed by atoms with Crippen molar-refractivity contribution < 1.29 is 38.7 Å². The van der Waals surface area contributed by atoms with Crippen molar-refractivity contribution in [3.05, 3.63) is 28.7 Å². The second kappa shape index (κ2) is 13.7. The predicted octanol–water partition coefficient (Wildman–Crippen LogP) is -0.0150. The summed E-state index contributed by atoms with van der Waals surface area (Å²) in [5.74, 6) is -3.20. The Hall–Kier alpha value is -3.74. The topological polar surface area (TPSA) is 219 Å². The van der Waals surface area contributed by atoms with E-state index in [4.69, 9.17) is 15.2 Å². The zero-order valence-corrected chi connectivity index (χ0v) is 27.1. The lowest BCUT2D eigenvalue weighted by atomic mass is 9.98. The van der Waals surface area contributed by atoms with E-state index >= 15 is 0 Å². The number of likely N-dealkylation sites (tertiary alicyclic amines) is 1. The van der Waals surface area contributed by atoms with Gasteiger partial charge in [-0.2, -0.15) is 9.36 Å². The maximum atomic E-state index is 13.4. The van der Waals surface area contributed by atoms with Crippen LogP contribution >= 0.6 is 35.7 Å². The first kappa shape index (κ1) is 34.1. The van der Waals surface area contributed by atoms with Gasteiger partial charge in [0.1, 0.15) is 17.1 Å². The van der Waals surface area contributed by atoms with Crippen LogP contribution < -0.4 is 16.4 Å². The van der Waals surface area contributed by atoms with Crippen LogP contribution in [-0.4, -0.2) is 109 Å². The van der Waals surface area contributed by atoms with E-state index in [-0.39, 0.29) is 46.8 Å². The molecule has 0 bridgehead atoms. The van der Waals surface area contributed by atoms with Gasteiger partial charge in [0.05, 0.1) is 5.41 Å². The highest BCUT2D eigenvalue weighted by atomic mass is 35.5. The minimum Gasteiger partial charge on any atom is -0.427 e. The molecule has 3 atom stereocenters. The summed E-state index contributed by atoms with van der Waals surface area (Å²) >= 11 is 2.06. The average molecular weight is 685 g/mol. The molecule has 4 aliphatic heterocycles. The molecule has 16 nitrogen and oxygen atoms in total. The molecule has 244 valence electrons. The number of halogens is 1. The van der Waals surface area contributed by atoms with Crippen LogP contribution in [0, 0.1) is 5.41 Å². The number of nitrogen functional groups attached to an aromatic ring is 1. The number of amides is 3. The fourth-order valence-corrected chi connectivity index (χ4v) is 6.87. The zero-order chi connectivity index (χ0) is 31.8. The van der Waals surface area contributed by atoms with Crippen molar-refractivity contribution in [2.75, 3.05) is 37.9 Å². The first-order valence-corrected chi connectivity index (χ1v) is 15.6. The maximum Gasteiger partial charge on any atom is 0.358 e. The molecule has 5 N–H and O–H groups in total. The van der Waals surface area contributed by atoms with Crippen molar-refractivity contribution >= 4 is 76.2 Å². The summed E-state index contributed by atoms with van der Waals surface area (Å²) in [6.07, 6.45) is 2.96. The molecule has 5 rings (SSSR count). The first-order valence-electron chi connectivity index (χ1n) is 13.8. The lowest BCUT2D eigenvalue weighted by Gasteiger charge is -2.49. The molecule has 3 saturated heterocycles. The molecule has 5 heterocycles. The van der Waals surface area contributed by atoms with Crippen LogP contribution in [0.3, 0.4) is 0 Å². The molecule has 1 aromatic rings. The fourth-order valence-electron chi connectivity index (χ4n) is 5.13. The lowest BCUT2D eigenvalue weighted by Crippen LogP contribution is -2.71. The van der Waals surface area contributed by atoms with Gasteiger partial charge in [-0.15, -0.1) is 24.2 Å². The van der Waals surface area contributed by atoms with Gasteiger partial charge in [0, 0.05) is 42.0 Å². The molecular formula is C26H33ClN8O8S2. The van der Waals surface area contributed by atoms with E-state index in [1.165, 1.54) is 16.7 Å². The van der Waals surface area contributed by atoms with Gasteiger partial charge in [0.2, 0.25) is 24.2 Å². The number of carbonyl (C=O) groups excluding carboxylic acids is 5. The number of hydrogen-bond donors (Lipinski definition) is 4. The normalized spacial score (nSPS) is 24.3. The van der Waals surface area contributed by atoms with Gasteiger partial charge in [0.25, 0.3) is 11.8 Å². The van der Waals surface area contributed by atoms with E-state index < -0.39 is 53.1 Å². The average Bonchev–Trinajstić information content (AvgIpc) is 3.74. The van der Waals surface area contributed by atoms with Gasteiger partial charge in [-0.25, -0.2) is 4.79 Å². The van der Waals surface area contributed by atoms with Crippen LogP contribution in [0.2, 0.25) is 0 Å². The van der Waals surface area contributed by atoms with E-state index in [1.807, 2.05) is 4.90 Å². The summed E-state index contributed by atoms with van der Waals surface area (Å²) in [5, 5.41) is 17.4. The molecule has 0 radical (unpaired) electrons. The minimum absolute atomic E-state index is 0. The van der Waals surface area contributed by atoms with Crippen LogP contribution in [0.4, 0.5) is 5.13 Å². The van der Waals surface area contributed by atoms with Gasteiger partial charge in [-0.3, -0.25) is 24.1 Å². The van der Waals surface area contributed by atoms with Crippen LogP contribution in [0.25, 0.3) is 0 Å². The van der Waals surface area contributed by atoms with Gasteiger partial charge < -0.3 is 35.9 Å². The van der Waals surface area contributed by atoms with Crippen LogP contribution in [-0.2, 0) is 33.4 Å². The number of rotatable bonds is 8. The fraction of sp³-hybridized carbons (Fsp3) is 0.538. The molecule has 3 fully saturated rings. The van der Waals surface area contributed by atoms with E-state index in [0.29, 0.717) is 30.7 Å². The molecule has 3 amide bonds. The highest BCUT2D eigenvalue weighted by Crippen LogP contribution is 2.42. The molecule has 19 heteroatoms. The number of nitrogens with zero attached hydrogens (tertiary/aromatic N) is 5. The molecule has 0 saturated carbocycles. The molecule has 0 unspecified atom stereocenters. The molecule has 1 aromatic heterocycles. The summed E-state index contributed by atoms with van der Waals surface area (Å²) in [4.78, 5) is 71.9. The third kappa shape index (κ3) is 6.92. The zero-order valence-electron chi connectivity index (χ0n) is 24.6. The van der Waals surface area contributed by atoms with E-state index in [2.05, 4.69) is 25.1 Å². The molecule has 4 aliphatic rings. The lowest BCUT2D eigenvalue weighted by molar-refractivity contribution is -0.173. The number of thioether (sulfide) groups is 1. The number of carbonyl (C=O) groups is 5. The highest BCUT2D eigenvalue weighted by molar-refractivity contribution is 8.00. The summed E-state index contributed by atoms with van der Waals surface area (Å²) < 4.78 is 14.2. The second-order valence-electron chi connectivity index (χ2n) is 11.4. The van der Waals surface area contributed by atoms with E-state index in [1.54, 1.807) is 26.8 Å². The van der Waals surface area contributed by atoms with E-state index in [9.17, 15) is 29.2 Å². The third-order valence-electron chi connectivity index (χ3n) is 7.42. The van der Waals surface area contributed by atoms with Crippen molar-refractivity contribution in [2.45, 2.75) is 51.1 Å². The molecule has 0 aliphatic carbocycles. The Kier molecular flexibility index (Phi) is 10.4. The van der Waals surface area contributed by atoms with Crippen molar-refractivity contribution in [2.24, 2.45) is 10.6 Å². The number of allylic oxidation sites excluding steroid dienone is 1. The maximum absolute atomic E-state index is 13.4. The largest absolute Gasteiger partial charge is 0.427 e. The monoisotopic (exact) mass is 684 g/mol. The number of esters is 2. The van der Waals surface area contributed by atoms with Crippen LogP contribution in [0.15, 0.2) is 28.1 Å². The van der Waals surface area contributed by atoms with Gasteiger partial charge >= 0.3 is 11.9 Å². The van der Waals surface area contributed by atoms with Crippen molar-refractivity contribution in [1.82, 2.24) is 29.8 Å². The van der Waals surface area contributed by atoms with Crippen LogP contribution in [0.5, 0.6) is 0 Å². The summed E-state index contributed by atoms with van der Waals surface area (Å²) in [7, 11) is 0. The number of oxime groups is 1. The van der Waals surface area contributed by atoms with Crippen molar-refractivity contribution in [1.29, 1.82) is 0 Å². The Balaban J connectivity index is 0.00000461. The van der Waals surface area contributed by atoms with Gasteiger partial charge in [-0.05, 0) is 51.8 Å². The Morgan fingerprint density at radius 2 is 2.02 bits per heavy atom. The second-order valence-corrected chi connectivity index (χ2v) is 13.3. The number of hydrogen-bond acceptors (Lipinski definition) is 15. The smallest absolute Gasteiger partial charge is 0.358 e. The predicted molar refractivity (Wildman–Crippen MR) is 164 cm³/mol. The van der Waals surface area contributed by atoms with Gasteiger partial charge in [-0.1, -0.05) is 5.16 Å². The standard InChI is InChI=1S/C26H32N8O8S2.ClH/c1-26(2,3)24(39)42-11-41-23(38)17-13(8-12-5-7-33(20(12)36)14-4-6-28-9-14)10-43-22-16(21(37)34(17)22)29-19(35)15(31-40)18-30-25(27)44-32-18;/h8,14,16,22,28,40H,4-7,9-11H2,1-3H3,(H,29,35)(H2,27,30,32);1H/t14-,16-,22-;/m1./s1. The Morgan fingerprint density at radius 1 is 1.27 bits per heavy atom. The number of β-lactam (4-membered cyclic amide) rings is 1. The third-order valence-corrected chi connectivity index (χ3v) is 9.26. The Morgan fingerprint density at radius 3 is 2.64 bits per heavy atom. The van der Waals surface area contributed by atoms with Crippen LogP contribution in [0.1, 0.15) is 39.4 Å². The van der Waals surface area contributed by atoms with Crippen molar-refractivity contribution in [3.63, 3.8) is 0 Å². The quantitative estimate of drug-likeness (QED) is 0.0539. The van der Waals surface area contributed by atoms with E-state index in [0.717, 1.165) is 24.5 Å². The number of fused-ring (bicyclic) bond motifs is 1. The van der Waals surface area contributed by atoms with Crippen molar-refractivity contribution in [3.8, 4) is 0 Å². The number of ether oxygens (including phenoxy) is 2. The summed E-state index contributed by atoms with van der Waals surface area (Å²) in [5.41, 5.74) is 4.99. The molecular weight excluding hydrogens is 652 g/mol. The summed E-state index contributed by atoms with van der Waals surface area (Å²) in [6.45, 7) is 6.37. The Labute approximate surface area is 272 Å². The SMILES string of the molecule is CC(C)(C)C(=O)OCOC(=O)C1=C(C=C2CCN([C@@H]3CCNC3)C2=O)CS[C@@H]2[C@H](NC(=O)C(=NO)c3nsc(N)n3)C(=O)N12.Cl. The number of anilines is 1. The Bertz CT molecular complexity index is 1480. The molecule has 0 aromatic carbocycles. The van der Waals surface area contributed by atoms with Gasteiger partial charge in [0.15, 0.2) is 5.13 Å². The summed E-state index contributed by atoms with van der Waals surface area (Å²) in [6, 6.07) is -0.992. The first-order chi connectivity index (χ1) is 20.9. The number of nitrogens with two attached hydrogens (primary N) is 1. The molecule has 0 spiro atoms.